The number of hydrogen-bond donors (Lipinski definition) is 0. The molecule has 130 valence electrons. The number of fused-ring (bicyclic) bond motifs is 7. The fourth-order valence-corrected chi connectivity index (χ4v) is 4.63. The monoisotopic (exact) mass is 344 g/mol. The number of hydrogen-bond acceptors (Lipinski definition) is 2. The highest BCUT2D eigenvalue weighted by molar-refractivity contribution is 6.11. The van der Waals surface area contributed by atoms with Crippen LogP contribution in [0.25, 0.3) is 10.9 Å². The summed E-state index contributed by atoms with van der Waals surface area (Å²) in [5.41, 5.74) is 3.65. The number of aromatic nitrogens is 1. The average molecular weight is 344 g/mol. The van der Waals surface area contributed by atoms with E-state index < -0.39 is 5.54 Å². The molecule has 3 heterocycles. The van der Waals surface area contributed by atoms with Crippen molar-refractivity contribution in [2.75, 3.05) is 4.90 Å². The van der Waals surface area contributed by atoms with Gasteiger partial charge in [0.1, 0.15) is 0 Å². The Balaban J connectivity index is 1.94. The van der Waals surface area contributed by atoms with Crippen LogP contribution in [0.1, 0.15) is 47.8 Å². The predicted molar refractivity (Wildman–Crippen MR) is 102 cm³/mol. The van der Waals surface area contributed by atoms with Crippen molar-refractivity contribution in [2.45, 2.75) is 38.6 Å². The first kappa shape index (κ1) is 15.4. The molecule has 0 N–H and O–H groups in total. The molecule has 0 radical (unpaired) electrons. The van der Waals surface area contributed by atoms with Gasteiger partial charge in [0.25, 0.3) is 5.91 Å². The molecular formula is C22H20N2O2. The van der Waals surface area contributed by atoms with Crippen molar-refractivity contribution in [3.63, 3.8) is 0 Å². The van der Waals surface area contributed by atoms with Gasteiger partial charge in [0.2, 0.25) is 5.91 Å². The quantitative estimate of drug-likeness (QED) is 0.607. The molecule has 2 aromatic carbocycles. The lowest BCUT2D eigenvalue weighted by Crippen LogP contribution is -2.51. The molecule has 1 atom stereocenters. The van der Waals surface area contributed by atoms with Crippen LogP contribution in [0.15, 0.2) is 48.5 Å². The van der Waals surface area contributed by atoms with E-state index in [1.54, 1.807) is 0 Å². The van der Waals surface area contributed by atoms with Crippen molar-refractivity contribution in [1.82, 2.24) is 4.57 Å². The summed E-state index contributed by atoms with van der Waals surface area (Å²) in [6.45, 7) is 4.07. The van der Waals surface area contributed by atoms with E-state index in [1.165, 1.54) is 0 Å². The van der Waals surface area contributed by atoms with E-state index in [9.17, 15) is 9.59 Å². The Morgan fingerprint density at radius 2 is 1.85 bits per heavy atom. The molecule has 1 fully saturated rings. The van der Waals surface area contributed by atoms with Crippen LogP contribution < -0.4 is 4.90 Å². The lowest BCUT2D eigenvalue weighted by Gasteiger charge is -2.44. The van der Waals surface area contributed by atoms with Gasteiger partial charge < -0.3 is 4.90 Å². The van der Waals surface area contributed by atoms with Crippen molar-refractivity contribution >= 4 is 28.4 Å². The van der Waals surface area contributed by atoms with Gasteiger partial charge in [-0.3, -0.25) is 14.2 Å². The Morgan fingerprint density at radius 1 is 1.04 bits per heavy atom. The third-order valence-corrected chi connectivity index (χ3v) is 5.89. The van der Waals surface area contributed by atoms with E-state index in [0.717, 1.165) is 40.7 Å². The summed E-state index contributed by atoms with van der Waals surface area (Å²) in [6, 6.07) is 15.8. The van der Waals surface area contributed by atoms with Crippen LogP contribution in [-0.2, 0) is 10.3 Å². The molecule has 3 aromatic rings. The van der Waals surface area contributed by atoms with Gasteiger partial charge in [0.05, 0.1) is 28.0 Å². The van der Waals surface area contributed by atoms with E-state index in [-0.39, 0.29) is 11.8 Å². The molecule has 0 aliphatic carbocycles. The maximum absolute atomic E-state index is 13.6. The Bertz CT molecular complexity index is 1090. The van der Waals surface area contributed by atoms with Crippen LogP contribution in [0.2, 0.25) is 0 Å². The van der Waals surface area contributed by atoms with E-state index >= 15 is 0 Å². The highest BCUT2D eigenvalue weighted by Gasteiger charge is 2.47. The molecule has 0 spiro atoms. The zero-order chi connectivity index (χ0) is 18.1. The summed E-state index contributed by atoms with van der Waals surface area (Å²) < 4.78 is 1.83. The minimum Gasteiger partial charge on any atom is -0.300 e. The molecule has 1 amide bonds. The van der Waals surface area contributed by atoms with Crippen molar-refractivity contribution in [3.8, 4) is 0 Å². The number of amides is 1. The van der Waals surface area contributed by atoms with Crippen molar-refractivity contribution in [1.29, 1.82) is 0 Å². The van der Waals surface area contributed by atoms with Crippen molar-refractivity contribution in [2.24, 2.45) is 0 Å². The van der Waals surface area contributed by atoms with Gasteiger partial charge in [-0.2, -0.15) is 0 Å². The lowest BCUT2D eigenvalue weighted by atomic mass is 9.84. The molecule has 4 nitrogen and oxygen atoms in total. The van der Waals surface area contributed by atoms with Gasteiger partial charge in [-0.15, -0.1) is 0 Å². The SMILES string of the molecule is Cc1ccc2c(c1)C(=O)n1c(cc3ccccc31)C1(C)CCCC(=O)N21. The molecule has 2 aliphatic rings. The highest BCUT2D eigenvalue weighted by Crippen LogP contribution is 2.46. The number of carbonyl (C=O) groups is 2. The van der Waals surface area contributed by atoms with Crippen LogP contribution in [-0.4, -0.2) is 16.4 Å². The molecule has 5 rings (SSSR count). The van der Waals surface area contributed by atoms with Gasteiger partial charge in [0.15, 0.2) is 0 Å². The Labute approximate surface area is 152 Å². The van der Waals surface area contributed by atoms with Crippen LogP contribution >= 0.6 is 0 Å². The van der Waals surface area contributed by atoms with Gasteiger partial charge in [-0.1, -0.05) is 29.8 Å². The summed E-state index contributed by atoms with van der Waals surface area (Å²) in [5, 5.41) is 1.03. The molecule has 1 saturated heterocycles. The van der Waals surface area contributed by atoms with Crippen LogP contribution in [0.3, 0.4) is 0 Å². The minimum absolute atomic E-state index is 0.0525. The Kier molecular flexibility index (Phi) is 3.00. The van der Waals surface area contributed by atoms with E-state index in [1.807, 2.05) is 58.9 Å². The Hall–Kier alpha value is -2.88. The zero-order valence-electron chi connectivity index (χ0n) is 15.0. The number of para-hydroxylation sites is 1. The van der Waals surface area contributed by atoms with Crippen LogP contribution in [0, 0.1) is 6.92 Å². The van der Waals surface area contributed by atoms with Crippen LogP contribution in [0.5, 0.6) is 0 Å². The minimum atomic E-state index is -0.523. The van der Waals surface area contributed by atoms with Gasteiger partial charge in [0, 0.05) is 11.8 Å². The second-order valence-electron chi connectivity index (χ2n) is 7.61. The van der Waals surface area contributed by atoms with E-state index in [4.69, 9.17) is 0 Å². The highest BCUT2D eigenvalue weighted by atomic mass is 16.2. The molecule has 26 heavy (non-hydrogen) atoms. The maximum Gasteiger partial charge on any atom is 0.264 e. The third-order valence-electron chi connectivity index (χ3n) is 5.89. The summed E-state index contributed by atoms with van der Waals surface area (Å²) in [7, 11) is 0. The standard InChI is InChI=1S/C22H20N2O2/c1-14-9-10-18-16(12-14)21(26)23-17-7-4-3-6-15(17)13-19(23)22(2)11-5-8-20(25)24(18)22/h3-4,6-7,9-10,12-13H,5,8,11H2,1-2H3. The van der Waals surface area contributed by atoms with Gasteiger partial charge in [-0.05, 0) is 51.0 Å². The number of carbonyl (C=O) groups excluding carboxylic acids is 2. The largest absolute Gasteiger partial charge is 0.300 e. The van der Waals surface area contributed by atoms with Crippen molar-refractivity contribution in [3.05, 3.63) is 65.4 Å². The van der Waals surface area contributed by atoms with Crippen LogP contribution in [0.4, 0.5) is 5.69 Å². The molecule has 1 unspecified atom stereocenters. The van der Waals surface area contributed by atoms with Gasteiger partial charge in [-0.25, -0.2) is 0 Å². The molecular weight excluding hydrogens is 324 g/mol. The average Bonchev–Trinajstić information content (AvgIpc) is 2.99. The normalized spacial score (nSPS) is 22.0. The van der Waals surface area contributed by atoms with Crippen molar-refractivity contribution < 1.29 is 9.59 Å². The number of benzene rings is 2. The third kappa shape index (κ3) is 1.84. The molecule has 4 heteroatoms. The first-order chi connectivity index (χ1) is 12.5. The molecule has 0 saturated carbocycles. The first-order valence-corrected chi connectivity index (χ1v) is 9.10. The number of aryl methyl sites for hydroxylation is 1. The number of nitrogens with zero attached hydrogens (tertiary/aromatic N) is 2. The smallest absolute Gasteiger partial charge is 0.264 e. The first-order valence-electron chi connectivity index (χ1n) is 9.10. The summed E-state index contributed by atoms with van der Waals surface area (Å²) in [5.74, 6) is 0.0404. The fraction of sp³-hybridized carbons (Fsp3) is 0.273. The molecule has 1 aromatic heterocycles. The van der Waals surface area contributed by atoms with E-state index in [2.05, 4.69) is 13.0 Å². The second kappa shape index (κ2) is 5.07. The topological polar surface area (TPSA) is 42.3 Å². The molecule has 0 bridgehead atoms. The summed E-state index contributed by atoms with van der Waals surface area (Å²) in [6.07, 6.45) is 2.20. The zero-order valence-corrected chi connectivity index (χ0v) is 15.0. The predicted octanol–water partition coefficient (Wildman–Crippen LogP) is 4.38. The van der Waals surface area contributed by atoms with Gasteiger partial charge >= 0.3 is 0 Å². The fourth-order valence-electron chi connectivity index (χ4n) is 4.63. The van der Waals surface area contributed by atoms with E-state index in [0.29, 0.717) is 12.0 Å². The number of piperidine rings is 1. The second-order valence-corrected chi connectivity index (χ2v) is 7.61. The summed E-state index contributed by atoms with van der Waals surface area (Å²) >= 11 is 0. The molecule has 2 aliphatic heterocycles. The lowest BCUT2D eigenvalue weighted by molar-refractivity contribution is -0.121. The maximum atomic E-state index is 13.6. The summed E-state index contributed by atoms with van der Waals surface area (Å²) in [4.78, 5) is 28.4. The Morgan fingerprint density at radius 3 is 2.69 bits per heavy atom. The number of anilines is 1. The number of rotatable bonds is 0.